The minimum absolute atomic E-state index is 0.112. The monoisotopic (exact) mass is 442 g/mol. The van der Waals surface area contributed by atoms with Gasteiger partial charge < -0.3 is 5.73 Å². The van der Waals surface area contributed by atoms with Gasteiger partial charge in [0.2, 0.25) is 5.82 Å². The molecule has 156 valence electrons. The summed E-state index contributed by atoms with van der Waals surface area (Å²) in [6.07, 6.45) is 1.79. The molecule has 0 atom stereocenters. The summed E-state index contributed by atoms with van der Waals surface area (Å²) in [5.41, 5.74) is 9.12. The van der Waals surface area contributed by atoms with Gasteiger partial charge in [0.1, 0.15) is 0 Å². The van der Waals surface area contributed by atoms with E-state index >= 15 is 0 Å². The lowest BCUT2D eigenvalue weighted by molar-refractivity contribution is 0.408. The summed E-state index contributed by atoms with van der Waals surface area (Å²) in [7, 11) is -3.61. The standard InChI is InChI=1S/C20H22N6O2S2/c1-20(2,3)10-11-8-9-12(13-6-5-7-14-16(13)22-19(21)29-14)15(17(11)30(4,27)28)18-23-25-26-24-18/h5-9H,10H2,1-4H3,(H2,21,22)(H,23,24,25,26). The second-order valence-corrected chi connectivity index (χ2v) is 11.4. The molecular weight excluding hydrogens is 420 g/mol. The van der Waals surface area contributed by atoms with Gasteiger partial charge >= 0.3 is 0 Å². The van der Waals surface area contributed by atoms with Crippen molar-refractivity contribution in [3.05, 3.63) is 35.9 Å². The van der Waals surface area contributed by atoms with Crippen molar-refractivity contribution in [1.29, 1.82) is 0 Å². The molecule has 0 saturated heterocycles. The molecule has 10 heteroatoms. The van der Waals surface area contributed by atoms with Crippen LogP contribution in [0, 0.1) is 5.41 Å². The van der Waals surface area contributed by atoms with Crippen LogP contribution in [0.5, 0.6) is 0 Å². The van der Waals surface area contributed by atoms with E-state index in [9.17, 15) is 8.42 Å². The number of sulfone groups is 1. The van der Waals surface area contributed by atoms with Crippen molar-refractivity contribution in [1.82, 2.24) is 25.6 Å². The van der Waals surface area contributed by atoms with Crippen LogP contribution >= 0.6 is 11.3 Å². The SMILES string of the molecule is CC(C)(C)Cc1ccc(-c2cccc3sc(N)nc23)c(-c2nn[nH]n2)c1S(C)(=O)=O. The topological polar surface area (TPSA) is 128 Å². The highest BCUT2D eigenvalue weighted by Gasteiger charge is 2.28. The Bertz CT molecular complexity index is 1340. The highest BCUT2D eigenvalue weighted by Crippen LogP contribution is 2.42. The molecule has 0 spiro atoms. The summed E-state index contributed by atoms with van der Waals surface area (Å²) in [6, 6.07) is 9.52. The molecule has 2 aromatic heterocycles. The number of aromatic nitrogens is 5. The fourth-order valence-corrected chi connectivity index (χ4v) is 5.61. The maximum Gasteiger partial charge on any atom is 0.206 e. The molecule has 0 unspecified atom stereocenters. The largest absolute Gasteiger partial charge is 0.375 e. The van der Waals surface area contributed by atoms with Gasteiger partial charge in [-0.15, -0.1) is 10.2 Å². The molecule has 8 nitrogen and oxygen atoms in total. The van der Waals surface area contributed by atoms with Crippen molar-refractivity contribution in [2.45, 2.75) is 32.1 Å². The Morgan fingerprint density at radius 3 is 2.53 bits per heavy atom. The number of hydrogen-bond donors (Lipinski definition) is 2. The number of anilines is 1. The van der Waals surface area contributed by atoms with Crippen LogP contribution in [0.25, 0.3) is 32.7 Å². The lowest BCUT2D eigenvalue weighted by Gasteiger charge is -2.22. The summed E-state index contributed by atoms with van der Waals surface area (Å²) in [6.45, 7) is 6.21. The first-order valence-corrected chi connectivity index (χ1v) is 12.0. The van der Waals surface area contributed by atoms with Gasteiger partial charge in [0.15, 0.2) is 15.0 Å². The Morgan fingerprint density at radius 1 is 1.13 bits per heavy atom. The van der Waals surface area contributed by atoms with Crippen LogP contribution in [-0.4, -0.2) is 40.3 Å². The summed E-state index contributed by atoms with van der Waals surface area (Å²) in [5, 5.41) is 14.8. The first-order valence-electron chi connectivity index (χ1n) is 9.30. The lowest BCUT2D eigenvalue weighted by Crippen LogP contribution is -2.14. The van der Waals surface area contributed by atoms with Crippen molar-refractivity contribution < 1.29 is 8.42 Å². The van der Waals surface area contributed by atoms with Crippen molar-refractivity contribution in [2.24, 2.45) is 5.41 Å². The molecule has 4 aromatic rings. The van der Waals surface area contributed by atoms with Gasteiger partial charge in [-0.2, -0.15) is 5.21 Å². The van der Waals surface area contributed by atoms with Gasteiger partial charge in [-0.1, -0.05) is 56.4 Å². The maximum atomic E-state index is 13.0. The number of nitrogens with two attached hydrogens (primary N) is 1. The van der Waals surface area contributed by atoms with E-state index in [1.165, 1.54) is 17.6 Å². The third-order valence-corrected chi connectivity index (χ3v) is 6.68. The number of rotatable bonds is 4. The molecule has 0 bridgehead atoms. The number of thiazole rings is 1. The fourth-order valence-electron chi connectivity index (χ4n) is 3.66. The minimum Gasteiger partial charge on any atom is -0.375 e. The van der Waals surface area contributed by atoms with Crippen LogP contribution < -0.4 is 5.73 Å². The highest BCUT2D eigenvalue weighted by molar-refractivity contribution is 7.91. The van der Waals surface area contributed by atoms with Crippen LogP contribution in [0.3, 0.4) is 0 Å². The van der Waals surface area contributed by atoms with E-state index in [4.69, 9.17) is 5.73 Å². The molecule has 2 heterocycles. The van der Waals surface area contributed by atoms with Crippen molar-refractivity contribution in [3.8, 4) is 22.5 Å². The van der Waals surface area contributed by atoms with Gasteiger partial charge in [0.05, 0.1) is 15.1 Å². The van der Waals surface area contributed by atoms with Crippen LogP contribution in [0.2, 0.25) is 0 Å². The molecule has 2 aromatic carbocycles. The van der Waals surface area contributed by atoms with Crippen LogP contribution in [0.15, 0.2) is 35.2 Å². The molecule has 0 fully saturated rings. The normalized spacial score (nSPS) is 12.5. The number of nitrogens with one attached hydrogen (secondary N) is 1. The number of nitrogens with zero attached hydrogens (tertiary/aromatic N) is 4. The zero-order valence-corrected chi connectivity index (χ0v) is 18.7. The summed E-state index contributed by atoms with van der Waals surface area (Å²) >= 11 is 1.38. The number of nitrogen functional groups attached to an aromatic ring is 1. The van der Waals surface area contributed by atoms with Crippen molar-refractivity contribution in [2.75, 3.05) is 12.0 Å². The number of para-hydroxylation sites is 1. The van der Waals surface area contributed by atoms with Gasteiger partial charge in [-0.25, -0.2) is 13.4 Å². The predicted octanol–water partition coefficient (Wildman–Crippen LogP) is 3.72. The van der Waals surface area contributed by atoms with Gasteiger partial charge in [-0.3, -0.25) is 0 Å². The number of aromatic amines is 1. The smallest absolute Gasteiger partial charge is 0.206 e. The summed E-state index contributed by atoms with van der Waals surface area (Å²) < 4.78 is 26.9. The second-order valence-electron chi connectivity index (χ2n) is 8.43. The number of tetrazole rings is 1. The molecule has 0 aliphatic heterocycles. The van der Waals surface area contributed by atoms with E-state index in [-0.39, 0.29) is 16.1 Å². The maximum absolute atomic E-state index is 13.0. The lowest BCUT2D eigenvalue weighted by atomic mass is 9.86. The zero-order chi connectivity index (χ0) is 21.7. The second kappa shape index (κ2) is 7.13. The Hall–Kier alpha value is -2.85. The summed E-state index contributed by atoms with van der Waals surface area (Å²) in [4.78, 5) is 4.69. The zero-order valence-electron chi connectivity index (χ0n) is 17.1. The molecule has 0 radical (unpaired) electrons. The third kappa shape index (κ3) is 3.80. The van der Waals surface area contributed by atoms with Crippen LogP contribution in [-0.2, 0) is 16.3 Å². The molecule has 3 N–H and O–H groups in total. The van der Waals surface area contributed by atoms with Gasteiger partial charge in [0.25, 0.3) is 0 Å². The molecule has 30 heavy (non-hydrogen) atoms. The number of benzene rings is 2. The number of fused-ring (bicyclic) bond motifs is 1. The van der Waals surface area contributed by atoms with Gasteiger partial charge in [-0.05, 0) is 34.2 Å². The van der Waals surface area contributed by atoms with Crippen LogP contribution in [0.4, 0.5) is 5.13 Å². The number of hydrogen-bond acceptors (Lipinski definition) is 8. The first kappa shape index (κ1) is 20.4. The highest BCUT2D eigenvalue weighted by atomic mass is 32.2. The van der Waals surface area contributed by atoms with E-state index in [0.717, 1.165) is 15.8 Å². The first-order chi connectivity index (χ1) is 14.0. The predicted molar refractivity (Wildman–Crippen MR) is 119 cm³/mol. The van der Waals surface area contributed by atoms with Gasteiger partial charge in [0, 0.05) is 17.4 Å². The molecule has 4 rings (SSSR count). The fraction of sp³-hybridized carbons (Fsp3) is 0.300. The average molecular weight is 443 g/mol. The van der Waals surface area contributed by atoms with Crippen LogP contribution in [0.1, 0.15) is 26.3 Å². The third-order valence-electron chi connectivity index (χ3n) is 4.63. The van der Waals surface area contributed by atoms with E-state index in [2.05, 4.69) is 46.4 Å². The van der Waals surface area contributed by atoms with E-state index in [0.29, 0.717) is 28.2 Å². The average Bonchev–Trinajstić information content (AvgIpc) is 3.27. The Morgan fingerprint density at radius 2 is 1.90 bits per heavy atom. The quantitative estimate of drug-likeness (QED) is 0.493. The molecular formula is C20H22N6O2S2. The Labute approximate surface area is 178 Å². The molecule has 0 saturated carbocycles. The molecule has 0 amide bonds. The molecule has 0 aliphatic rings. The van der Waals surface area contributed by atoms with Crippen molar-refractivity contribution >= 4 is 36.5 Å². The summed E-state index contributed by atoms with van der Waals surface area (Å²) in [5.74, 6) is 0.224. The van der Waals surface area contributed by atoms with E-state index in [1.54, 1.807) is 0 Å². The Kier molecular flexibility index (Phi) is 4.86. The molecule has 0 aliphatic carbocycles. The van der Waals surface area contributed by atoms with E-state index < -0.39 is 9.84 Å². The minimum atomic E-state index is -3.61. The Balaban J connectivity index is 2.12. The van der Waals surface area contributed by atoms with Crippen molar-refractivity contribution in [3.63, 3.8) is 0 Å². The van der Waals surface area contributed by atoms with E-state index in [1.807, 2.05) is 30.3 Å². The number of H-pyrrole nitrogens is 1.